The first-order valence-corrected chi connectivity index (χ1v) is 5.84. The molecule has 7 heteroatoms. The smallest absolute Gasteiger partial charge is 0.381 e. The third-order valence-electron chi connectivity index (χ3n) is 2.18. The van der Waals surface area contributed by atoms with Crippen LogP contribution >= 0.6 is 0 Å². The Balaban J connectivity index is 2.87. The van der Waals surface area contributed by atoms with Gasteiger partial charge >= 0.3 is 15.6 Å². The Morgan fingerprint density at radius 2 is 1.73 bits per heavy atom. The predicted molar refractivity (Wildman–Crippen MR) is 47.2 cm³/mol. The zero-order valence-electron chi connectivity index (χ0n) is 8.10. The lowest BCUT2D eigenvalue weighted by molar-refractivity contribution is -0.0524. The van der Waals surface area contributed by atoms with E-state index in [1.165, 1.54) is 0 Å². The molecule has 3 nitrogen and oxygen atoms in total. The largest absolute Gasteiger partial charge is 0.534 e. The van der Waals surface area contributed by atoms with Gasteiger partial charge in [0.1, 0.15) is 5.76 Å². The second-order valence-corrected chi connectivity index (χ2v) is 4.93. The van der Waals surface area contributed by atoms with Gasteiger partial charge in [-0.25, -0.2) is 0 Å². The maximum absolute atomic E-state index is 12.0. The van der Waals surface area contributed by atoms with Gasteiger partial charge in [0, 0.05) is 6.42 Å². The van der Waals surface area contributed by atoms with Gasteiger partial charge in [0.25, 0.3) is 0 Å². The number of hydrogen-bond donors (Lipinski definition) is 0. The van der Waals surface area contributed by atoms with E-state index in [9.17, 15) is 21.6 Å². The van der Waals surface area contributed by atoms with E-state index in [-0.39, 0.29) is 12.2 Å². The standard InChI is InChI=1S/C8H11F3O3S/c1-6-4-2-3-5-7(6)14-15(12,13)8(9,10)11/h2-5H2,1H3. The molecule has 0 atom stereocenters. The molecule has 0 saturated heterocycles. The van der Waals surface area contributed by atoms with Gasteiger partial charge in [-0.1, -0.05) is 0 Å². The zero-order chi connectivity index (χ0) is 11.7. The van der Waals surface area contributed by atoms with E-state index in [2.05, 4.69) is 4.18 Å². The Morgan fingerprint density at radius 3 is 2.20 bits per heavy atom. The SMILES string of the molecule is CC1=C(OS(=O)(=O)C(F)(F)F)CCCC1. The van der Waals surface area contributed by atoms with Crippen molar-refractivity contribution in [3.63, 3.8) is 0 Å². The topological polar surface area (TPSA) is 43.4 Å². The van der Waals surface area contributed by atoms with E-state index in [1.807, 2.05) is 0 Å². The summed E-state index contributed by atoms with van der Waals surface area (Å²) in [6, 6.07) is 0. The minimum Gasteiger partial charge on any atom is -0.381 e. The Hall–Kier alpha value is -0.720. The van der Waals surface area contributed by atoms with Crippen molar-refractivity contribution in [2.45, 2.75) is 38.1 Å². The lowest BCUT2D eigenvalue weighted by atomic mass is 9.99. The van der Waals surface area contributed by atoms with Crippen LogP contribution in [0.3, 0.4) is 0 Å². The quantitative estimate of drug-likeness (QED) is 0.554. The summed E-state index contributed by atoms with van der Waals surface area (Å²) in [4.78, 5) is 0. The molecule has 0 heterocycles. The summed E-state index contributed by atoms with van der Waals surface area (Å²) in [5.41, 5.74) is -4.77. The number of allylic oxidation sites excluding steroid dienone is 2. The van der Waals surface area contributed by atoms with Crippen molar-refractivity contribution in [2.75, 3.05) is 0 Å². The molecule has 0 amide bonds. The molecule has 1 rings (SSSR count). The minimum atomic E-state index is -5.49. The number of hydrogen-bond acceptors (Lipinski definition) is 3. The van der Waals surface area contributed by atoms with Crippen LogP contribution in [0.5, 0.6) is 0 Å². The van der Waals surface area contributed by atoms with Crippen LogP contribution in [0.1, 0.15) is 32.6 Å². The molecule has 0 aliphatic heterocycles. The highest BCUT2D eigenvalue weighted by atomic mass is 32.2. The summed E-state index contributed by atoms with van der Waals surface area (Å²) in [5.74, 6) is -0.0569. The maximum Gasteiger partial charge on any atom is 0.534 e. The van der Waals surface area contributed by atoms with Crippen molar-refractivity contribution in [1.29, 1.82) is 0 Å². The molecule has 0 saturated carbocycles. The van der Waals surface area contributed by atoms with E-state index in [0.29, 0.717) is 18.4 Å². The van der Waals surface area contributed by atoms with Crippen molar-refractivity contribution in [3.8, 4) is 0 Å². The van der Waals surface area contributed by atoms with E-state index in [4.69, 9.17) is 0 Å². The average molecular weight is 244 g/mol. The first-order valence-electron chi connectivity index (χ1n) is 4.43. The van der Waals surface area contributed by atoms with Gasteiger partial charge < -0.3 is 4.18 Å². The van der Waals surface area contributed by atoms with Crippen molar-refractivity contribution in [1.82, 2.24) is 0 Å². The van der Waals surface area contributed by atoms with Crippen LogP contribution in [0.2, 0.25) is 0 Å². The lowest BCUT2D eigenvalue weighted by Crippen LogP contribution is -2.26. The molecule has 0 aromatic rings. The van der Waals surface area contributed by atoms with Crippen LogP contribution in [0, 0.1) is 0 Å². The fourth-order valence-corrected chi connectivity index (χ4v) is 1.91. The first-order chi connectivity index (χ1) is 6.74. The molecule has 0 bridgehead atoms. The second-order valence-electron chi connectivity index (χ2n) is 3.39. The fraction of sp³-hybridized carbons (Fsp3) is 0.750. The van der Waals surface area contributed by atoms with E-state index in [1.54, 1.807) is 6.92 Å². The average Bonchev–Trinajstić information content (AvgIpc) is 2.06. The molecule has 1 aliphatic rings. The third-order valence-corrected chi connectivity index (χ3v) is 3.16. The molecular weight excluding hydrogens is 233 g/mol. The highest BCUT2D eigenvalue weighted by molar-refractivity contribution is 7.87. The van der Waals surface area contributed by atoms with Crippen molar-refractivity contribution < 1.29 is 25.8 Å². The normalized spacial score (nSPS) is 19.2. The third kappa shape index (κ3) is 2.87. The number of alkyl halides is 3. The van der Waals surface area contributed by atoms with Crippen molar-refractivity contribution in [3.05, 3.63) is 11.3 Å². The van der Waals surface area contributed by atoms with Crippen LogP contribution < -0.4 is 0 Å². The van der Waals surface area contributed by atoms with Crippen LogP contribution in [0.4, 0.5) is 13.2 Å². The summed E-state index contributed by atoms with van der Waals surface area (Å²) in [7, 11) is -5.49. The molecule has 0 fully saturated rings. The monoisotopic (exact) mass is 244 g/mol. The Bertz CT molecular complexity index is 367. The van der Waals surface area contributed by atoms with Gasteiger partial charge in [-0.15, -0.1) is 0 Å². The first kappa shape index (κ1) is 12.4. The molecule has 1 aliphatic carbocycles. The summed E-state index contributed by atoms with van der Waals surface area (Å²) < 4.78 is 61.4. The van der Waals surface area contributed by atoms with Crippen LogP contribution in [0.15, 0.2) is 11.3 Å². The Labute approximate surface area is 86.0 Å². The summed E-state index contributed by atoms with van der Waals surface area (Å²) in [5, 5.41) is 0. The van der Waals surface area contributed by atoms with Gasteiger partial charge in [0.2, 0.25) is 0 Å². The van der Waals surface area contributed by atoms with E-state index < -0.39 is 15.6 Å². The van der Waals surface area contributed by atoms with Crippen molar-refractivity contribution in [2.24, 2.45) is 0 Å². The molecule has 15 heavy (non-hydrogen) atoms. The zero-order valence-corrected chi connectivity index (χ0v) is 8.91. The lowest BCUT2D eigenvalue weighted by Gasteiger charge is -2.18. The Kier molecular flexibility index (Phi) is 3.32. The van der Waals surface area contributed by atoms with Gasteiger partial charge in [0.15, 0.2) is 0 Å². The molecule has 0 spiro atoms. The molecule has 0 unspecified atom stereocenters. The minimum absolute atomic E-state index is 0.0569. The highest BCUT2D eigenvalue weighted by Gasteiger charge is 2.49. The number of halogens is 3. The molecule has 0 aromatic carbocycles. The maximum atomic E-state index is 12.0. The summed E-state index contributed by atoms with van der Waals surface area (Å²) in [6.07, 6.45) is 2.34. The van der Waals surface area contributed by atoms with Gasteiger partial charge in [-0.3, -0.25) is 0 Å². The van der Waals surface area contributed by atoms with Gasteiger partial charge in [-0.2, -0.15) is 21.6 Å². The molecule has 0 aromatic heterocycles. The van der Waals surface area contributed by atoms with E-state index in [0.717, 1.165) is 6.42 Å². The number of rotatable bonds is 2. The Morgan fingerprint density at radius 1 is 1.20 bits per heavy atom. The highest BCUT2D eigenvalue weighted by Crippen LogP contribution is 2.32. The van der Waals surface area contributed by atoms with Crippen LogP contribution in [-0.2, 0) is 14.3 Å². The predicted octanol–water partition coefficient (Wildman–Crippen LogP) is 2.70. The summed E-state index contributed by atoms with van der Waals surface area (Å²) in [6.45, 7) is 1.58. The second kappa shape index (κ2) is 4.03. The molecular formula is C8H11F3O3S. The van der Waals surface area contributed by atoms with E-state index >= 15 is 0 Å². The van der Waals surface area contributed by atoms with Crippen LogP contribution in [0.25, 0.3) is 0 Å². The molecule has 0 radical (unpaired) electrons. The van der Waals surface area contributed by atoms with Crippen molar-refractivity contribution >= 4 is 10.1 Å². The molecule has 0 N–H and O–H groups in total. The van der Waals surface area contributed by atoms with Crippen LogP contribution in [-0.4, -0.2) is 13.9 Å². The molecule has 88 valence electrons. The summed E-state index contributed by atoms with van der Waals surface area (Å²) >= 11 is 0. The fourth-order valence-electron chi connectivity index (χ4n) is 1.32. The van der Waals surface area contributed by atoms with Gasteiger partial charge in [0.05, 0.1) is 0 Å². The van der Waals surface area contributed by atoms with Gasteiger partial charge in [-0.05, 0) is 31.8 Å².